The molecule has 5 nitrogen and oxygen atoms in total. The average Bonchev–Trinajstić information content (AvgIpc) is 2.39. The molecule has 0 aliphatic heterocycles. The molecule has 6 heteroatoms. The van der Waals surface area contributed by atoms with Crippen LogP contribution >= 0.6 is 15.9 Å². The predicted octanol–water partition coefficient (Wildman–Crippen LogP) is 3.46. The Kier molecular flexibility index (Phi) is 3.57. The Bertz CT molecular complexity index is 584. The molecule has 0 amide bonds. The monoisotopic (exact) mass is 307 g/mol. The van der Waals surface area contributed by atoms with Gasteiger partial charge in [0.25, 0.3) is 5.69 Å². The molecule has 2 rings (SSSR count). The highest BCUT2D eigenvalue weighted by atomic mass is 79.9. The molecule has 0 bridgehead atoms. The van der Waals surface area contributed by atoms with Crippen molar-refractivity contribution in [2.45, 2.75) is 0 Å². The van der Waals surface area contributed by atoms with Crippen molar-refractivity contribution in [2.24, 2.45) is 0 Å². The molecule has 1 aromatic carbocycles. The highest BCUT2D eigenvalue weighted by molar-refractivity contribution is 9.10. The quantitative estimate of drug-likeness (QED) is 0.696. The van der Waals surface area contributed by atoms with Gasteiger partial charge in [-0.05, 0) is 12.1 Å². The zero-order valence-corrected chi connectivity index (χ0v) is 11.1. The van der Waals surface area contributed by atoms with Crippen molar-refractivity contribution in [1.82, 2.24) is 4.98 Å². The molecule has 18 heavy (non-hydrogen) atoms. The second kappa shape index (κ2) is 5.14. The van der Waals surface area contributed by atoms with Crippen LogP contribution in [0, 0.1) is 10.1 Å². The number of benzene rings is 1. The first-order valence-corrected chi connectivity index (χ1v) is 5.99. The summed E-state index contributed by atoms with van der Waals surface area (Å²) in [6, 6.07) is 10.3. The highest BCUT2D eigenvalue weighted by Crippen LogP contribution is 2.26. The maximum atomic E-state index is 10.8. The summed E-state index contributed by atoms with van der Waals surface area (Å²) in [6.07, 6.45) is 0. The number of aromatic nitrogens is 1. The molecule has 2 aromatic rings. The third-order valence-corrected chi connectivity index (χ3v) is 2.95. The van der Waals surface area contributed by atoms with Crippen LogP contribution in [0.25, 0.3) is 11.3 Å². The van der Waals surface area contributed by atoms with Crippen molar-refractivity contribution in [2.75, 3.05) is 12.4 Å². The smallest absolute Gasteiger partial charge is 0.275 e. The van der Waals surface area contributed by atoms with Crippen LogP contribution in [0.2, 0.25) is 0 Å². The Morgan fingerprint density at radius 2 is 1.94 bits per heavy atom. The molecule has 0 aliphatic rings. The van der Waals surface area contributed by atoms with Gasteiger partial charge in [0.2, 0.25) is 0 Å². The molecule has 0 spiro atoms. The highest BCUT2D eigenvalue weighted by Gasteiger charge is 2.11. The minimum Gasteiger partial charge on any atom is -0.373 e. The van der Waals surface area contributed by atoms with Gasteiger partial charge < -0.3 is 5.32 Å². The van der Waals surface area contributed by atoms with Crippen LogP contribution < -0.4 is 5.32 Å². The van der Waals surface area contributed by atoms with Crippen LogP contribution in [0.4, 0.5) is 11.5 Å². The Labute approximate surface area is 112 Å². The lowest BCUT2D eigenvalue weighted by Gasteiger charge is -2.05. The summed E-state index contributed by atoms with van der Waals surface area (Å²) in [5, 5.41) is 13.7. The van der Waals surface area contributed by atoms with Gasteiger partial charge in [0.15, 0.2) is 0 Å². The fourth-order valence-corrected chi connectivity index (χ4v) is 1.78. The van der Waals surface area contributed by atoms with E-state index in [4.69, 9.17) is 0 Å². The Morgan fingerprint density at radius 3 is 2.50 bits per heavy atom. The molecule has 0 atom stereocenters. The molecule has 1 aromatic heterocycles. The van der Waals surface area contributed by atoms with Crippen molar-refractivity contribution in [1.29, 1.82) is 0 Å². The van der Waals surface area contributed by atoms with E-state index in [0.717, 1.165) is 10.0 Å². The lowest BCUT2D eigenvalue weighted by Crippen LogP contribution is -1.97. The summed E-state index contributed by atoms with van der Waals surface area (Å²) in [7, 11) is 1.68. The minimum atomic E-state index is -0.426. The number of nitro groups is 1. The van der Waals surface area contributed by atoms with Crippen molar-refractivity contribution in [3.63, 3.8) is 0 Å². The number of nitrogens with zero attached hydrogens (tertiary/aromatic N) is 2. The van der Waals surface area contributed by atoms with Crippen LogP contribution in [0.5, 0.6) is 0 Å². The van der Waals surface area contributed by atoms with E-state index in [0.29, 0.717) is 11.5 Å². The normalized spacial score (nSPS) is 10.1. The number of anilines is 1. The fourth-order valence-electron chi connectivity index (χ4n) is 1.52. The van der Waals surface area contributed by atoms with Gasteiger partial charge in [0.1, 0.15) is 5.82 Å². The maximum absolute atomic E-state index is 10.8. The van der Waals surface area contributed by atoms with Crippen LogP contribution in [0.1, 0.15) is 0 Å². The SMILES string of the molecule is CNc1cc([N+](=O)[O-])cc(-c2ccc(Br)cc2)n1. The molecule has 0 saturated heterocycles. The van der Waals surface area contributed by atoms with Gasteiger partial charge in [-0.25, -0.2) is 4.98 Å². The molecular formula is C12H10BrN3O2. The zero-order chi connectivity index (χ0) is 13.1. The summed E-state index contributed by atoms with van der Waals surface area (Å²) in [6.45, 7) is 0. The van der Waals surface area contributed by atoms with Gasteiger partial charge >= 0.3 is 0 Å². The van der Waals surface area contributed by atoms with E-state index < -0.39 is 4.92 Å². The predicted molar refractivity (Wildman–Crippen MR) is 73.6 cm³/mol. The first-order chi connectivity index (χ1) is 8.60. The van der Waals surface area contributed by atoms with E-state index in [1.807, 2.05) is 24.3 Å². The minimum absolute atomic E-state index is 0.0206. The van der Waals surface area contributed by atoms with E-state index in [9.17, 15) is 10.1 Å². The lowest BCUT2D eigenvalue weighted by molar-refractivity contribution is -0.384. The van der Waals surface area contributed by atoms with Crippen LogP contribution in [-0.4, -0.2) is 17.0 Å². The third kappa shape index (κ3) is 2.65. The Balaban J connectivity index is 2.52. The molecule has 1 N–H and O–H groups in total. The number of hydrogen-bond acceptors (Lipinski definition) is 4. The van der Waals surface area contributed by atoms with E-state index >= 15 is 0 Å². The largest absolute Gasteiger partial charge is 0.373 e. The van der Waals surface area contributed by atoms with Gasteiger partial charge in [-0.1, -0.05) is 28.1 Å². The van der Waals surface area contributed by atoms with Gasteiger partial charge in [-0.3, -0.25) is 10.1 Å². The van der Waals surface area contributed by atoms with Crippen molar-refractivity contribution in [3.8, 4) is 11.3 Å². The van der Waals surface area contributed by atoms with Gasteiger partial charge in [0, 0.05) is 23.2 Å². The lowest BCUT2D eigenvalue weighted by atomic mass is 10.1. The fraction of sp³-hybridized carbons (Fsp3) is 0.0833. The molecule has 0 saturated carbocycles. The first kappa shape index (κ1) is 12.5. The van der Waals surface area contributed by atoms with Crippen molar-refractivity contribution in [3.05, 3.63) is 51.0 Å². The van der Waals surface area contributed by atoms with E-state index in [1.165, 1.54) is 12.1 Å². The van der Waals surface area contributed by atoms with Crippen molar-refractivity contribution >= 4 is 27.4 Å². The number of nitrogens with one attached hydrogen (secondary N) is 1. The second-order valence-corrected chi connectivity index (χ2v) is 4.53. The van der Waals surface area contributed by atoms with Crippen molar-refractivity contribution < 1.29 is 4.92 Å². The van der Waals surface area contributed by atoms with Gasteiger partial charge in [-0.15, -0.1) is 0 Å². The third-order valence-electron chi connectivity index (χ3n) is 2.42. The van der Waals surface area contributed by atoms with Crippen LogP contribution in [0.3, 0.4) is 0 Å². The number of rotatable bonds is 3. The van der Waals surface area contributed by atoms with Gasteiger partial charge in [0.05, 0.1) is 16.7 Å². The summed E-state index contributed by atoms with van der Waals surface area (Å²) >= 11 is 3.34. The number of pyridine rings is 1. The summed E-state index contributed by atoms with van der Waals surface area (Å²) < 4.78 is 0.950. The Hall–Kier alpha value is -1.95. The van der Waals surface area contributed by atoms with Gasteiger partial charge in [-0.2, -0.15) is 0 Å². The summed E-state index contributed by atoms with van der Waals surface area (Å²) in [5.41, 5.74) is 1.42. The molecule has 0 fully saturated rings. The molecule has 0 radical (unpaired) electrons. The second-order valence-electron chi connectivity index (χ2n) is 3.61. The topological polar surface area (TPSA) is 68.1 Å². The Morgan fingerprint density at radius 1 is 1.28 bits per heavy atom. The van der Waals surface area contributed by atoms with E-state index in [1.54, 1.807) is 7.05 Å². The summed E-state index contributed by atoms with van der Waals surface area (Å²) in [4.78, 5) is 14.7. The number of halogens is 1. The zero-order valence-electron chi connectivity index (χ0n) is 9.55. The molecule has 0 unspecified atom stereocenters. The van der Waals surface area contributed by atoms with Crippen LogP contribution in [0.15, 0.2) is 40.9 Å². The summed E-state index contributed by atoms with van der Waals surface area (Å²) in [5.74, 6) is 0.474. The maximum Gasteiger partial charge on any atom is 0.275 e. The first-order valence-electron chi connectivity index (χ1n) is 5.20. The van der Waals surface area contributed by atoms with E-state index in [-0.39, 0.29) is 5.69 Å². The molecule has 92 valence electrons. The van der Waals surface area contributed by atoms with Crippen LogP contribution in [-0.2, 0) is 0 Å². The van der Waals surface area contributed by atoms with E-state index in [2.05, 4.69) is 26.2 Å². The average molecular weight is 308 g/mol. The molecular weight excluding hydrogens is 298 g/mol. The number of hydrogen-bond donors (Lipinski definition) is 1. The standard InChI is InChI=1S/C12H10BrN3O2/c1-14-12-7-10(16(17)18)6-11(15-12)8-2-4-9(13)5-3-8/h2-7H,1H3,(H,14,15). The molecule has 0 aliphatic carbocycles. The molecule has 1 heterocycles.